The minimum absolute atomic E-state index is 0.343. The Labute approximate surface area is 185 Å². The van der Waals surface area contributed by atoms with Crippen molar-refractivity contribution in [2.24, 2.45) is 5.10 Å². The van der Waals surface area contributed by atoms with Crippen molar-refractivity contribution >= 4 is 29.7 Å². The minimum atomic E-state index is -0.460. The monoisotopic (exact) mass is 436 g/mol. The van der Waals surface area contributed by atoms with Crippen LogP contribution < -0.4 is 14.9 Å². The van der Waals surface area contributed by atoms with Crippen molar-refractivity contribution in [1.29, 1.82) is 0 Å². The first-order chi connectivity index (χ1) is 15.0. The van der Waals surface area contributed by atoms with Crippen LogP contribution in [-0.4, -0.2) is 24.7 Å². The number of halogens is 1. The number of carbonyl (C=O) groups is 2. The molecular weight excluding hydrogens is 416 g/mol. The third-order valence-electron chi connectivity index (χ3n) is 4.14. The molecule has 0 aliphatic rings. The number of nitrogens with one attached hydrogen (secondary N) is 1. The first-order valence-corrected chi connectivity index (χ1v) is 10.1. The fraction of sp³-hybridized carbons (Fsp3) is 0.125. The summed E-state index contributed by atoms with van der Waals surface area (Å²) in [4.78, 5) is 24.3. The van der Waals surface area contributed by atoms with Gasteiger partial charge in [0.05, 0.1) is 18.4 Å². The van der Waals surface area contributed by atoms with E-state index < -0.39 is 5.97 Å². The number of hydrazone groups is 1. The highest BCUT2D eigenvalue weighted by atomic mass is 35.5. The van der Waals surface area contributed by atoms with Gasteiger partial charge in [-0.1, -0.05) is 18.5 Å². The van der Waals surface area contributed by atoms with Crippen molar-refractivity contribution in [3.63, 3.8) is 0 Å². The van der Waals surface area contributed by atoms with Gasteiger partial charge in [0.1, 0.15) is 11.5 Å². The van der Waals surface area contributed by atoms with E-state index in [9.17, 15) is 9.59 Å². The number of amides is 1. The smallest absolute Gasteiger partial charge is 0.343 e. The molecule has 0 saturated heterocycles. The molecule has 0 fully saturated rings. The maximum absolute atomic E-state index is 12.3. The Morgan fingerprint density at radius 3 is 2.16 bits per heavy atom. The van der Waals surface area contributed by atoms with Crippen LogP contribution in [-0.2, 0) is 0 Å². The van der Waals surface area contributed by atoms with E-state index in [0.717, 1.165) is 12.0 Å². The lowest BCUT2D eigenvalue weighted by Gasteiger charge is -2.07. The van der Waals surface area contributed by atoms with Gasteiger partial charge in [0.25, 0.3) is 5.91 Å². The Bertz CT molecular complexity index is 1050. The molecule has 6 nitrogen and oxygen atoms in total. The van der Waals surface area contributed by atoms with Gasteiger partial charge in [-0.2, -0.15) is 5.10 Å². The molecule has 1 amide bonds. The Morgan fingerprint density at radius 1 is 0.903 bits per heavy atom. The summed E-state index contributed by atoms with van der Waals surface area (Å²) in [5.74, 6) is 0.312. The number of nitrogens with zero attached hydrogens (tertiary/aromatic N) is 1. The van der Waals surface area contributed by atoms with Crippen molar-refractivity contribution in [2.75, 3.05) is 6.61 Å². The topological polar surface area (TPSA) is 77.0 Å². The van der Waals surface area contributed by atoms with Gasteiger partial charge < -0.3 is 9.47 Å². The normalized spacial score (nSPS) is 10.6. The summed E-state index contributed by atoms with van der Waals surface area (Å²) in [5.41, 5.74) is 4.06. The number of rotatable bonds is 8. The summed E-state index contributed by atoms with van der Waals surface area (Å²) in [6.07, 6.45) is 2.41. The van der Waals surface area contributed by atoms with Crippen molar-refractivity contribution in [1.82, 2.24) is 5.43 Å². The average molecular weight is 437 g/mol. The number of ether oxygens (including phenoxy) is 2. The summed E-state index contributed by atoms with van der Waals surface area (Å²) in [5, 5.41) is 4.49. The van der Waals surface area contributed by atoms with Crippen molar-refractivity contribution < 1.29 is 19.1 Å². The summed E-state index contributed by atoms with van der Waals surface area (Å²) in [6.45, 7) is 2.66. The lowest BCUT2D eigenvalue weighted by Crippen LogP contribution is -2.17. The quantitative estimate of drug-likeness (QED) is 0.230. The van der Waals surface area contributed by atoms with Gasteiger partial charge in [-0.3, -0.25) is 4.79 Å². The number of hydrogen-bond acceptors (Lipinski definition) is 5. The number of benzene rings is 3. The van der Waals surface area contributed by atoms with Gasteiger partial charge in [-0.05, 0) is 84.8 Å². The van der Waals surface area contributed by atoms with Crippen molar-refractivity contribution in [2.45, 2.75) is 13.3 Å². The minimum Gasteiger partial charge on any atom is -0.494 e. The van der Waals surface area contributed by atoms with Gasteiger partial charge in [-0.25, -0.2) is 10.2 Å². The Morgan fingerprint density at radius 2 is 1.52 bits per heavy atom. The highest BCUT2D eigenvalue weighted by molar-refractivity contribution is 6.30. The second kappa shape index (κ2) is 10.9. The fourth-order valence-electron chi connectivity index (χ4n) is 2.53. The molecule has 158 valence electrons. The largest absolute Gasteiger partial charge is 0.494 e. The molecule has 0 bridgehead atoms. The molecule has 7 heteroatoms. The third-order valence-corrected chi connectivity index (χ3v) is 4.39. The summed E-state index contributed by atoms with van der Waals surface area (Å²) >= 11 is 5.80. The van der Waals surface area contributed by atoms with Crippen LogP contribution in [0.15, 0.2) is 77.9 Å². The molecule has 3 rings (SSSR count). The molecular formula is C24H21ClN2O4. The zero-order valence-electron chi connectivity index (χ0n) is 16.9. The van der Waals surface area contributed by atoms with E-state index in [4.69, 9.17) is 21.1 Å². The molecule has 0 atom stereocenters. The van der Waals surface area contributed by atoms with Crippen molar-refractivity contribution in [3.8, 4) is 11.5 Å². The lowest BCUT2D eigenvalue weighted by atomic mass is 10.2. The summed E-state index contributed by atoms with van der Waals surface area (Å²) in [6, 6.07) is 20.1. The predicted molar refractivity (Wildman–Crippen MR) is 120 cm³/mol. The lowest BCUT2D eigenvalue weighted by molar-refractivity contribution is 0.0734. The molecule has 3 aromatic rings. The summed E-state index contributed by atoms with van der Waals surface area (Å²) < 4.78 is 10.9. The van der Waals surface area contributed by atoms with E-state index in [-0.39, 0.29) is 5.91 Å². The molecule has 0 radical (unpaired) electrons. The van der Waals surface area contributed by atoms with Crippen molar-refractivity contribution in [3.05, 3.63) is 94.5 Å². The van der Waals surface area contributed by atoms with Crippen LogP contribution >= 0.6 is 11.6 Å². The number of carbonyl (C=O) groups excluding carboxylic acids is 2. The molecule has 31 heavy (non-hydrogen) atoms. The average Bonchev–Trinajstić information content (AvgIpc) is 2.79. The van der Waals surface area contributed by atoms with Gasteiger partial charge in [0.2, 0.25) is 0 Å². The van der Waals surface area contributed by atoms with E-state index in [1.807, 2.05) is 6.92 Å². The zero-order chi connectivity index (χ0) is 22.1. The molecule has 0 aromatic heterocycles. The van der Waals surface area contributed by atoms with E-state index >= 15 is 0 Å². The second-order valence-electron chi connectivity index (χ2n) is 6.54. The van der Waals surface area contributed by atoms with E-state index in [2.05, 4.69) is 10.5 Å². The number of esters is 1. The van der Waals surface area contributed by atoms with Gasteiger partial charge in [-0.15, -0.1) is 0 Å². The van der Waals surface area contributed by atoms with Crippen LogP contribution in [0.3, 0.4) is 0 Å². The van der Waals surface area contributed by atoms with Crippen LogP contribution in [0.1, 0.15) is 39.6 Å². The predicted octanol–water partition coefficient (Wildman–Crippen LogP) is 5.11. The first kappa shape index (κ1) is 22.1. The molecule has 3 aromatic carbocycles. The SMILES string of the molecule is CCCOc1ccc(C(=O)Oc2ccc(/C=N\NC(=O)c3ccc(Cl)cc3)cc2)cc1. The third kappa shape index (κ3) is 6.69. The Balaban J connectivity index is 1.52. The maximum atomic E-state index is 12.3. The van der Waals surface area contributed by atoms with Crippen LogP contribution in [0.25, 0.3) is 0 Å². The standard InChI is InChI=1S/C24H21ClN2O4/c1-2-15-30-21-13-7-19(8-14-21)24(29)31-22-11-3-17(4-12-22)16-26-27-23(28)18-5-9-20(25)10-6-18/h3-14,16H,2,15H2,1H3,(H,27,28)/b26-16-. The molecule has 0 unspecified atom stereocenters. The number of hydrogen-bond donors (Lipinski definition) is 1. The van der Waals surface area contributed by atoms with Crippen LogP contribution in [0, 0.1) is 0 Å². The first-order valence-electron chi connectivity index (χ1n) is 9.69. The molecule has 0 spiro atoms. The van der Waals surface area contributed by atoms with Gasteiger partial charge >= 0.3 is 5.97 Å². The van der Waals surface area contributed by atoms with E-state index in [1.54, 1.807) is 72.8 Å². The van der Waals surface area contributed by atoms with E-state index in [1.165, 1.54) is 6.21 Å². The maximum Gasteiger partial charge on any atom is 0.343 e. The molecule has 0 heterocycles. The highest BCUT2D eigenvalue weighted by Gasteiger charge is 2.09. The Hall–Kier alpha value is -3.64. The van der Waals surface area contributed by atoms with Gasteiger partial charge in [0.15, 0.2) is 0 Å². The van der Waals surface area contributed by atoms with Crippen LogP contribution in [0.4, 0.5) is 0 Å². The molecule has 0 aliphatic heterocycles. The van der Waals surface area contributed by atoms with Crippen LogP contribution in [0.5, 0.6) is 11.5 Å². The molecule has 0 aliphatic carbocycles. The fourth-order valence-corrected chi connectivity index (χ4v) is 2.65. The molecule has 0 saturated carbocycles. The Kier molecular flexibility index (Phi) is 7.79. The van der Waals surface area contributed by atoms with E-state index in [0.29, 0.717) is 34.3 Å². The zero-order valence-corrected chi connectivity index (χ0v) is 17.6. The molecule has 1 N–H and O–H groups in total. The van der Waals surface area contributed by atoms with Crippen LogP contribution in [0.2, 0.25) is 5.02 Å². The summed E-state index contributed by atoms with van der Waals surface area (Å²) in [7, 11) is 0. The second-order valence-corrected chi connectivity index (χ2v) is 6.97. The highest BCUT2D eigenvalue weighted by Crippen LogP contribution is 2.16. The van der Waals surface area contributed by atoms with Gasteiger partial charge in [0, 0.05) is 10.6 Å².